The second-order valence-corrected chi connectivity index (χ2v) is 6.26. The first kappa shape index (κ1) is 12.6. The van der Waals surface area contributed by atoms with Gasteiger partial charge in [-0.25, -0.2) is 4.98 Å². The van der Waals surface area contributed by atoms with E-state index in [0.717, 1.165) is 23.7 Å². The standard InChI is InChI=1S/C15H16N4OS/c1-11-13-3-2-4-17(13)5-6-19(11)14(20)9-12-10-18-7-8-21-15(18)16-12/h2-4,7-8,10-11H,5-6,9H2,1H3. The average molecular weight is 300 g/mol. The van der Waals surface area contributed by atoms with Gasteiger partial charge in [0.25, 0.3) is 0 Å². The molecule has 108 valence electrons. The van der Waals surface area contributed by atoms with Crippen LogP contribution in [0, 0.1) is 0 Å². The van der Waals surface area contributed by atoms with Crippen molar-refractivity contribution < 1.29 is 4.79 Å². The van der Waals surface area contributed by atoms with Gasteiger partial charge in [0, 0.05) is 42.8 Å². The molecule has 0 bridgehead atoms. The summed E-state index contributed by atoms with van der Waals surface area (Å²) in [5.41, 5.74) is 2.06. The molecule has 0 aliphatic carbocycles. The third kappa shape index (κ3) is 2.06. The minimum atomic E-state index is 0.130. The predicted octanol–water partition coefficient (Wildman–Crippen LogP) is 2.34. The van der Waals surface area contributed by atoms with Crippen LogP contribution in [0.3, 0.4) is 0 Å². The van der Waals surface area contributed by atoms with Crippen molar-refractivity contribution >= 4 is 22.2 Å². The molecule has 0 radical (unpaired) electrons. The number of amides is 1. The third-order valence-corrected chi connectivity index (χ3v) is 4.91. The van der Waals surface area contributed by atoms with Crippen LogP contribution < -0.4 is 0 Å². The Balaban J connectivity index is 1.54. The number of rotatable bonds is 2. The Kier molecular flexibility index (Phi) is 2.85. The number of fused-ring (bicyclic) bond motifs is 2. The first-order valence-corrected chi connectivity index (χ1v) is 7.96. The number of aromatic nitrogens is 3. The number of nitrogens with zero attached hydrogens (tertiary/aromatic N) is 4. The lowest BCUT2D eigenvalue weighted by Crippen LogP contribution is -2.41. The molecule has 1 aliphatic rings. The maximum atomic E-state index is 12.6. The van der Waals surface area contributed by atoms with Crippen molar-refractivity contribution in [3.63, 3.8) is 0 Å². The number of carbonyl (C=O) groups excluding carboxylic acids is 1. The van der Waals surface area contributed by atoms with Gasteiger partial charge in [0.05, 0.1) is 18.2 Å². The minimum Gasteiger partial charge on any atom is -0.348 e. The Morgan fingerprint density at radius 3 is 3.19 bits per heavy atom. The lowest BCUT2D eigenvalue weighted by atomic mass is 10.1. The fraction of sp³-hybridized carbons (Fsp3) is 0.333. The summed E-state index contributed by atoms with van der Waals surface area (Å²) in [4.78, 5) is 20.0. The van der Waals surface area contributed by atoms with Gasteiger partial charge in [-0.1, -0.05) is 0 Å². The van der Waals surface area contributed by atoms with E-state index >= 15 is 0 Å². The number of imidazole rings is 1. The van der Waals surface area contributed by atoms with Crippen LogP contribution in [-0.2, 0) is 17.8 Å². The highest BCUT2D eigenvalue weighted by molar-refractivity contribution is 7.15. The summed E-state index contributed by atoms with van der Waals surface area (Å²) in [6.45, 7) is 3.73. The van der Waals surface area contributed by atoms with Crippen molar-refractivity contribution in [1.29, 1.82) is 0 Å². The maximum absolute atomic E-state index is 12.6. The largest absolute Gasteiger partial charge is 0.348 e. The van der Waals surface area contributed by atoms with Crippen LogP contribution in [0.5, 0.6) is 0 Å². The molecule has 6 heteroatoms. The maximum Gasteiger partial charge on any atom is 0.229 e. The lowest BCUT2D eigenvalue weighted by Gasteiger charge is -2.34. The zero-order valence-corrected chi connectivity index (χ0v) is 12.6. The third-order valence-electron chi connectivity index (χ3n) is 4.14. The molecular weight excluding hydrogens is 284 g/mol. The van der Waals surface area contributed by atoms with E-state index in [1.54, 1.807) is 11.3 Å². The van der Waals surface area contributed by atoms with Gasteiger partial charge in [-0.05, 0) is 19.1 Å². The summed E-state index contributed by atoms with van der Waals surface area (Å²) in [5.74, 6) is 0.153. The smallest absolute Gasteiger partial charge is 0.229 e. The number of hydrogen-bond acceptors (Lipinski definition) is 3. The molecule has 0 spiro atoms. The van der Waals surface area contributed by atoms with E-state index in [2.05, 4.69) is 28.7 Å². The molecule has 4 heterocycles. The average Bonchev–Trinajstić information content (AvgIpc) is 3.13. The molecular formula is C15H16N4OS. The second kappa shape index (κ2) is 4.73. The Labute approximate surface area is 126 Å². The van der Waals surface area contributed by atoms with E-state index in [-0.39, 0.29) is 11.9 Å². The fourth-order valence-corrected chi connectivity index (χ4v) is 3.76. The van der Waals surface area contributed by atoms with E-state index in [9.17, 15) is 4.79 Å². The molecule has 1 amide bonds. The van der Waals surface area contributed by atoms with Crippen LogP contribution >= 0.6 is 11.3 Å². The normalized spacial score (nSPS) is 18.1. The number of hydrogen-bond donors (Lipinski definition) is 0. The molecule has 1 aliphatic heterocycles. The van der Waals surface area contributed by atoms with Crippen molar-refractivity contribution in [2.45, 2.75) is 25.9 Å². The summed E-state index contributed by atoms with van der Waals surface area (Å²) in [6, 6.07) is 4.27. The SMILES string of the molecule is CC1c2cccn2CCN1C(=O)Cc1cn2ccsc2n1. The fourth-order valence-electron chi connectivity index (χ4n) is 3.04. The first-order valence-electron chi connectivity index (χ1n) is 7.08. The summed E-state index contributed by atoms with van der Waals surface area (Å²) in [7, 11) is 0. The molecule has 0 saturated heterocycles. The van der Waals surface area contributed by atoms with Crippen LogP contribution in [0.25, 0.3) is 4.96 Å². The Morgan fingerprint density at radius 2 is 2.33 bits per heavy atom. The number of thiazole rings is 1. The van der Waals surface area contributed by atoms with Gasteiger partial charge < -0.3 is 9.47 Å². The first-order chi connectivity index (χ1) is 10.2. The van der Waals surface area contributed by atoms with Crippen LogP contribution in [0.4, 0.5) is 0 Å². The summed E-state index contributed by atoms with van der Waals surface area (Å²) in [6.07, 6.45) is 6.37. The van der Waals surface area contributed by atoms with E-state index in [1.807, 2.05) is 33.1 Å². The Bertz CT molecular complexity index is 771. The zero-order valence-electron chi connectivity index (χ0n) is 11.8. The summed E-state index contributed by atoms with van der Waals surface area (Å²) < 4.78 is 4.19. The van der Waals surface area contributed by atoms with Gasteiger partial charge in [-0.15, -0.1) is 11.3 Å². The molecule has 3 aromatic heterocycles. The van der Waals surface area contributed by atoms with Crippen LogP contribution in [0.15, 0.2) is 36.1 Å². The molecule has 1 unspecified atom stereocenters. The van der Waals surface area contributed by atoms with Crippen molar-refractivity contribution in [2.75, 3.05) is 6.54 Å². The summed E-state index contributed by atoms with van der Waals surface area (Å²) >= 11 is 1.59. The molecule has 0 N–H and O–H groups in total. The van der Waals surface area contributed by atoms with Gasteiger partial charge in [0.15, 0.2) is 4.96 Å². The van der Waals surface area contributed by atoms with E-state index < -0.39 is 0 Å². The molecule has 0 fully saturated rings. The Morgan fingerprint density at radius 1 is 1.43 bits per heavy atom. The van der Waals surface area contributed by atoms with Gasteiger partial charge in [-0.3, -0.25) is 9.20 Å². The van der Waals surface area contributed by atoms with E-state index in [4.69, 9.17) is 0 Å². The monoisotopic (exact) mass is 300 g/mol. The van der Waals surface area contributed by atoms with Crippen LogP contribution in [-0.4, -0.2) is 31.3 Å². The van der Waals surface area contributed by atoms with E-state index in [1.165, 1.54) is 5.69 Å². The van der Waals surface area contributed by atoms with Gasteiger partial charge in [0.1, 0.15) is 0 Å². The van der Waals surface area contributed by atoms with Crippen molar-refractivity contribution in [3.05, 3.63) is 47.5 Å². The van der Waals surface area contributed by atoms with E-state index in [0.29, 0.717) is 6.42 Å². The van der Waals surface area contributed by atoms with Crippen molar-refractivity contribution in [3.8, 4) is 0 Å². The van der Waals surface area contributed by atoms with Crippen LogP contribution in [0.2, 0.25) is 0 Å². The second-order valence-electron chi connectivity index (χ2n) is 5.39. The molecule has 21 heavy (non-hydrogen) atoms. The molecule has 3 aromatic rings. The zero-order chi connectivity index (χ0) is 14.4. The highest BCUT2D eigenvalue weighted by Crippen LogP contribution is 2.26. The highest BCUT2D eigenvalue weighted by atomic mass is 32.1. The molecule has 1 atom stereocenters. The summed E-state index contributed by atoms with van der Waals surface area (Å²) in [5, 5.41) is 1.99. The van der Waals surface area contributed by atoms with Gasteiger partial charge in [0.2, 0.25) is 5.91 Å². The molecule has 4 rings (SSSR count). The molecule has 0 aromatic carbocycles. The highest BCUT2D eigenvalue weighted by Gasteiger charge is 2.27. The molecule has 0 saturated carbocycles. The van der Waals surface area contributed by atoms with Gasteiger partial charge >= 0.3 is 0 Å². The van der Waals surface area contributed by atoms with Gasteiger partial charge in [-0.2, -0.15) is 0 Å². The Hall–Kier alpha value is -2.08. The topological polar surface area (TPSA) is 42.5 Å². The predicted molar refractivity (Wildman–Crippen MR) is 81.3 cm³/mol. The van der Waals surface area contributed by atoms with Crippen molar-refractivity contribution in [2.24, 2.45) is 0 Å². The van der Waals surface area contributed by atoms with Crippen LogP contribution in [0.1, 0.15) is 24.4 Å². The minimum absolute atomic E-state index is 0.130. The lowest BCUT2D eigenvalue weighted by molar-refractivity contribution is -0.133. The van der Waals surface area contributed by atoms with Crippen molar-refractivity contribution in [1.82, 2.24) is 18.9 Å². The molecule has 5 nitrogen and oxygen atoms in total. The quantitative estimate of drug-likeness (QED) is 0.729. The number of carbonyl (C=O) groups is 1.